The van der Waals surface area contributed by atoms with Gasteiger partial charge in [0.15, 0.2) is 0 Å². The topological polar surface area (TPSA) is 36.7 Å². The minimum Gasteiger partial charge on any atom is -0.459 e. The van der Waals surface area contributed by atoms with Crippen molar-refractivity contribution in [3.05, 3.63) is 36.1 Å². The van der Waals surface area contributed by atoms with Crippen molar-refractivity contribution in [2.75, 3.05) is 26.7 Å². The SMILES string of the molecule is CC1CCN(CC(=O)N(C)C(C)c2cc3ccccc3o2)C1. The summed E-state index contributed by atoms with van der Waals surface area (Å²) < 4.78 is 5.88. The minimum atomic E-state index is -0.0556. The van der Waals surface area contributed by atoms with Crippen LogP contribution < -0.4 is 0 Å². The predicted molar refractivity (Wildman–Crippen MR) is 87.6 cm³/mol. The predicted octanol–water partition coefficient (Wildman–Crippen LogP) is 3.29. The van der Waals surface area contributed by atoms with E-state index in [-0.39, 0.29) is 11.9 Å². The van der Waals surface area contributed by atoms with Gasteiger partial charge >= 0.3 is 0 Å². The lowest BCUT2D eigenvalue weighted by molar-refractivity contribution is -0.133. The first-order valence-corrected chi connectivity index (χ1v) is 8.01. The van der Waals surface area contributed by atoms with Crippen molar-refractivity contribution in [2.24, 2.45) is 5.92 Å². The molecular formula is C18H24N2O2. The first-order valence-electron chi connectivity index (χ1n) is 8.01. The first-order chi connectivity index (χ1) is 10.5. The van der Waals surface area contributed by atoms with Crippen molar-refractivity contribution in [1.29, 1.82) is 0 Å². The van der Waals surface area contributed by atoms with Crippen LogP contribution in [0.5, 0.6) is 0 Å². The summed E-state index contributed by atoms with van der Waals surface area (Å²) in [7, 11) is 1.86. The third-order valence-corrected chi connectivity index (χ3v) is 4.70. The molecule has 0 N–H and O–H groups in total. The molecule has 0 bridgehead atoms. The van der Waals surface area contributed by atoms with Gasteiger partial charge in [0.05, 0.1) is 12.6 Å². The second-order valence-electron chi connectivity index (χ2n) is 6.50. The number of para-hydroxylation sites is 1. The average Bonchev–Trinajstić information content (AvgIpc) is 3.11. The third-order valence-electron chi connectivity index (χ3n) is 4.70. The van der Waals surface area contributed by atoms with Gasteiger partial charge < -0.3 is 9.32 Å². The van der Waals surface area contributed by atoms with Gasteiger partial charge in [0.2, 0.25) is 5.91 Å². The molecule has 2 unspecified atom stereocenters. The summed E-state index contributed by atoms with van der Waals surface area (Å²) in [5.41, 5.74) is 0.874. The van der Waals surface area contributed by atoms with E-state index in [0.717, 1.165) is 29.8 Å². The fourth-order valence-electron chi connectivity index (χ4n) is 3.09. The van der Waals surface area contributed by atoms with E-state index in [4.69, 9.17) is 4.42 Å². The molecule has 3 rings (SSSR count). The fraction of sp³-hybridized carbons (Fsp3) is 0.500. The highest BCUT2D eigenvalue weighted by molar-refractivity contribution is 5.80. The molecule has 2 atom stereocenters. The standard InChI is InChI=1S/C18H24N2O2/c1-13-8-9-20(11-13)12-18(21)19(3)14(2)17-10-15-6-4-5-7-16(15)22-17/h4-7,10,13-14H,8-9,11-12H2,1-3H3. The van der Waals surface area contributed by atoms with Crippen LogP contribution in [0.15, 0.2) is 34.7 Å². The van der Waals surface area contributed by atoms with Crippen LogP contribution in [0, 0.1) is 5.92 Å². The molecule has 1 fully saturated rings. The number of likely N-dealkylation sites (N-methyl/N-ethyl adjacent to an activating group) is 1. The maximum atomic E-state index is 12.5. The maximum Gasteiger partial charge on any atom is 0.237 e. The Bertz CT molecular complexity index is 631. The molecule has 2 aromatic rings. The average molecular weight is 300 g/mol. The van der Waals surface area contributed by atoms with E-state index in [2.05, 4.69) is 11.8 Å². The zero-order chi connectivity index (χ0) is 15.7. The number of likely N-dealkylation sites (tertiary alicyclic amines) is 1. The van der Waals surface area contributed by atoms with E-state index in [0.29, 0.717) is 12.5 Å². The summed E-state index contributed by atoms with van der Waals surface area (Å²) in [6.45, 7) is 6.82. The zero-order valence-corrected chi connectivity index (χ0v) is 13.6. The molecule has 2 heterocycles. The van der Waals surface area contributed by atoms with Gasteiger partial charge in [0.25, 0.3) is 0 Å². The van der Waals surface area contributed by atoms with Crippen LogP contribution in [0.2, 0.25) is 0 Å². The fourth-order valence-corrected chi connectivity index (χ4v) is 3.09. The van der Waals surface area contributed by atoms with Crippen LogP contribution in [0.1, 0.15) is 32.1 Å². The molecule has 118 valence electrons. The number of carbonyl (C=O) groups is 1. The highest BCUT2D eigenvalue weighted by Gasteiger charge is 2.25. The molecule has 0 spiro atoms. The number of nitrogens with zero attached hydrogens (tertiary/aromatic N) is 2. The number of furan rings is 1. The van der Waals surface area contributed by atoms with Gasteiger partial charge in [-0.15, -0.1) is 0 Å². The molecule has 0 saturated carbocycles. The van der Waals surface area contributed by atoms with E-state index < -0.39 is 0 Å². The van der Waals surface area contributed by atoms with Crippen LogP contribution in [-0.2, 0) is 4.79 Å². The van der Waals surface area contributed by atoms with E-state index in [1.54, 1.807) is 4.90 Å². The smallest absolute Gasteiger partial charge is 0.237 e. The normalized spacial score (nSPS) is 20.4. The lowest BCUT2D eigenvalue weighted by atomic mass is 10.2. The lowest BCUT2D eigenvalue weighted by Gasteiger charge is -2.25. The molecule has 0 radical (unpaired) electrons. The number of amides is 1. The number of hydrogen-bond donors (Lipinski definition) is 0. The van der Waals surface area contributed by atoms with E-state index in [1.807, 2.05) is 44.3 Å². The zero-order valence-electron chi connectivity index (χ0n) is 13.6. The van der Waals surface area contributed by atoms with Gasteiger partial charge in [0, 0.05) is 19.0 Å². The van der Waals surface area contributed by atoms with Gasteiger partial charge in [-0.2, -0.15) is 0 Å². The Hall–Kier alpha value is -1.81. The molecule has 4 heteroatoms. The van der Waals surface area contributed by atoms with Crippen molar-refractivity contribution in [1.82, 2.24) is 9.80 Å². The molecule has 1 aromatic heterocycles. The number of benzene rings is 1. The Labute approximate surface area is 131 Å². The van der Waals surface area contributed by atoms with Crippen molar-refractivity contribution >= 4 is 16.9 Å². The molecular weight excluding hydrogens is 276 g/mol. The number of rotatable bonds is 4. The Morgan fingerprint density at radius 3 is 2.91 bits per heavy atom. The summed E-state index contributed by atoms with van der Waals surface area (Å²) >= 11 is 0. The summed E-state index contributed by atoms with van der Waals surface area (Å²) in [5.74, 6) is 1.69. The number of hydrogen-bond acceptors (Lipinski definition) is 3. The van der Waals surface area contributed by atoms with Crippen LogP contribution in [0.3, 0.4) is 0 Å². The minimum absolute atomic E-state index is 0.0556. The molecule has 22 heavy (non-hydrogen) atoms. The molecule has 1 aromatic carbocycles. The molecule has 1 saturated heterocycles. The van der Waals surface area contributed by atoms with Crippen LogP contribution >= 0.6 is 0 Å². The quantitative estimate of drug-likeness (QED) is 0.869. The van der Waals surface area contributed by atoms with Crippen molar-refractivity contribution in [2.45, 2.75) is 26.3 Å². The first kappa shape index (κ1) is 15.1. The van der Waals surface area contributed by atoms with Gasteiger partial charge in [-0.05, 0) is 37.9 Å². The van der Waals surface area contributed by atoms with Crippen LogP contribution in [0.4, 0.5) is 0 Å². The monoisotopic (exact) mass is 300 g/mol. The Balaban J connectivity index is 1.67. The highest BCUT2D eigenvalue weighted by Crippen LogP contribution is 2.27. The van der Waals surface area contributed by atoms with E-state index >= 15 is 0 Å². The van der Waals surface area contributed by atoms with Crippen molar-refractivity contribution < 1.29 is 9.21 Å². The Morgan fingerprint density at radius 2 is 2.23 bits per heavy atom. The second kappa shape index (κ2) is 6.13. The van der Waals surface area contributed by atoms with Crippen LogP contribution in [-0.4, -0.2) is 42.4 Å². The van der Waals surface area contributed by atoms with Gasteiger partial charge in [0.1, 0.15) is 11.3 Å². The maximum absolute atomic E-state index is 12.5. The Kier molecular flexibility index (Phi) is 4.21. The van der Waals surface area contributed by atoms with Gasteiger partial charge in [-0.3, -0.25) is 9.69 Å². The molecule has 1 aliphatic heterocycles. The van der Waals surface area contributed by atoms with Crippen LogP contribution in [0.25, 0.3) is 11.0 Å². The summed E-state index contributed by atoms with van der Waals surface area (Å²) in [6.07, 6.45) is 1.19. The molecule has 4 nitrogen and oxygen atoms in total. The highest BCUT2D eigenvalue weighted by atomic mass is 16.3. The van der Waals surface area contributed by atoms with E-state index in [9.17, 15) is 4.79 Å². The van der Waals surface area contributed by atoms with Crippen molar-refractivity contribution in [3.63, 3.8) is 0 Å². The second-order valence-corrected chi connectivity index (χ2v) is 6.50. The largest absolute Gasteiger partial charge is 0.459 e. The van der Waals surface area contributed by atoms with Gasteiger partial charge in [-0.25, -0.2) is 0 Å². The summed E-state index contributed by atoms with van der Waals surface area (Å²) in [4.78, 5) is 16.5. The Morgan fingerprint density at radius 1 is 1.45 bits per heavy atom. The molecule has 1 amide bonds. The molecule has 1 aliphatic rings. The number of fused-ring (bicyclic) bond motifs is 1. The summed E-state index contributed by atoms with van der Waals surface area (Å²) in [6, 6.07) is 9.92. The van der Waals surface area contributed by atoms with E-state index in [1.165, 1.54) is 6.42 Å². The third kappa shape index (κ3) is 3.02. The molecule has 0 aliphatic carbocycles. The van der Waals surface area contributed by atoms with Crippen molar-refractivity contribution in [3.8, 4) is 0 Å². The lowest BCUT2D eigenvalue weighted by Crippen LogP contribution is -2.38. The van der Waals surface area contributed by atoms with Gasteiger partial charge in [-0.1, -0.05) is 25.1 Å². The summed E-state index contributed by atoms with van der Waals surface area (Å²) in [5, 5.41) is 1.08. The number of carbonyl (C=O) groups excluding carboxylic acids is 1.